The molecule has 16 nitrogen and oxygen atoms in total. The van der Waals surface area contributed by atoms with Gasteiger partial charge in [-0.15, -0.1) is 0 Å². The average Bonchev–Trinajstić information content (AvgIpc) is 2.51. The molecule has 0 aliphatic carbocycles. The van der Waals surface area contributed by atoms with E-state index in [1.54, 1.807) is 13.8 Å². The van der Waals surface area contributed by atoms with E-state index in [1.165, 1.54) is 6.92 Å². The molecule has 12 N–H and O–H groups in total. The molecule has 0 fully saturated rings. The predicted molar refractivity (Wildman–Crippen MR) is 107 cm³/mol. The first-order chi connectivity index (χ1) is 12.6. The van der Waals surface area contributed by atoms with Gasteiger partial charge in [0.05, 0.1) is 32.9 Å². The number of amidine groups is 2. The normalized spacial score (nSPS) is 10.2. The van der Waals surface area contributed by atoms with Crippen molar-refractivity contribution in [2.24, 2.45) is 21.5 Å². The molecule has 0 aliphatic rings. The summed E-state index contributed by atoms with van der Waals surface area (Å²) in [5, 5.41) is 19.5. The van der Waals surface area contributed by atoms with Gasteiger partial charge in [0.25, 0.3) is 12.0 Å². The van der Waals surface area contributed by atoms with Crippen LogP contribution in [0.5, 0.6) is 0 Å². The minimum atomic E-state index is -4.42. The molecule has 0 saturated heterocycles. The van der Waals surface area contributed by atoms with E-state index in [0.29, 0.717) is 13.2 Å². The summed E-state index contributed by atoms with van der Waals surface area (Å²) in [4.78, 5) is 7.84. The molecule has 1 radical (unpaired) electrons. The SMILES string of the molecule is CCOC(=N)NC(N)=NCCN=C(N)NC(=N)OCC.CCOS(=O)(=O)[O-].O.O.[Cl-].[Cu+2]. The van der Waals surface area contributed by atoms with Gasteiger partial charge >= 0.3 is 17.1 Å². The number of hydrogen-bond acceptors (Lipinski definition) is 10. The minimum absolute atomic E-state index is 0. The fraction of sp³-hybridized carbons (Fsp3) is 0.667. The number of nitrogens with zero attached hydrogens (tertiary/aromatic N) is 2. The van der Waals surface area contributed by atoms with E-state index in [1.807, 2.05) is 0 Å². The van der Waals surface area contributed by atoms with Gasteiger partial charge in [0.15, 0.2) is 11.9 Å². The summed E-state index contributed by atoms with van der Waals surface area (Å²) in [6.45, 7) is 6.16. The quantitative estimate of drug-likeness (QED) is 0.0438. The molecule has 191 valence electrons. The van der Waals surface area contributed by atoms with Crippen LogP contribution >= 0.6 is 0 Å². The summed E-state index contributed by atoms with van der Waals surface area (Å²) in [5.41, 5.74) is 11.0. The van der Waals surface area contributed by atoms with Crippen LogP contribution in [0, 0.1) is 10.8 Å². The van der Waals surface area contributed by atoms with Gasteiger partial charge in [-0.1, -0.05) is 0 Å². The topological polar surface area (TPSA) is 296 Å². The number of guanidine groups is 2. The van der Waals surface area contributed by atoms with Crippen LogP contribution in [0.1, 0.15) is 20.8 Å². The summed E-state index contributed by atoms with van der Waals surface area (Å²) in [6.07, 6.45) is 0. The Balaban J connectivity index is -0.000000124. The second-order valence-electron chi connectivity index (χ2n) is 4.12. The zero-order valence-corrected chi connectivity index (χ0v) is 19.6. The maximum atomic E-state index is 9.45. The van der Waals surface area contributed by atoms with Crippen molar-refractivity contribution in [1.82, 2.24) is 10.6 Å². The number of nitrogens with one attached hydrogen (secondary N) is 4. The zero-order chi connectivity index (χ0) is 21.3. The van der Waals surface area contributed by atoms with Crippen molar-refractivity contribution < 1.29 is 67.1 Å². The minimum Gasteiger partial charge on any atom is -1.00 e. The Kier molecular flexibility index (Phi) is 36.3. The number of ether oxygens (including phenoxy) is 2. The van der Waals surface area contributed by atoms with Gasteiger partial charge in [0, 0.05) is 0 Å². The maximum Gasteiger partial charge on any atom is 2.00 e. The number of aliphatic imine (C=N–C) groups is 2. The van der Waals surface area contributed by atoms with Crippen LogP contribution in [0.25, 0.3) is 0 Å². The van der Waals surface area contributed by atoms with Crippen molar-refractivity contribution in [1.29, 1.82) is 10.8 Å². The summed E-state index contributed by atoms with van der Waals surface area (Å²) in [6, 6.07) is -0.327. The fourth-order valence-electron chi connectivity index (χ4n) is 1.16. The van der Waals surface area contributed by atoms with Gasteiger partial charge in [-0.2, -0.15) is 0 Å². The smallest absolute Gasteiger partial charge is 1.00 e. The largest absolute Gasteiger partial charge is 2.00 e. The van der Waals surface area contributed by atoms with Crippen molar-refractivity contribution in [3.8, 4) is 0 Å². The Hall–Kier alpha value is -1.92. The molecule has 0 atom stereocenters. The van der Waals surface area contributed by atoms with Crippen molar-refractivity contribution in [3.05, 3.63) is 0 Å². The predicted octanol–water partition coefficient (Wildman–Crippen LogP) is -6.43. The van der Waals surface area contributed by atoms with E-state index >= 15 is 0 Å². The molecular formula is C12H31ClCuN8O8S. The third-order valence-electron chi connectivity index (χ3n) is 1.99. The molecule has 0 unspecified atom stereocenters. The first-order valence-electron chi connectivity index (χ1n) is 7.72. The van der Waals surface area contributed by atoms with Gasteiger partial charge in [-0.3, -0.25) is 35.6 Å². The van der Waals surface area contributed by atoms with E-state index in [2.05, 4.69) is 24.8 Å². The maximum absolute atomic E-state index is 9.45. The van der Waals surface area contributed by atoms with Crippen molar-refractivity contribution in [3.63, 3.8) is 0 Å². The van der Waals surface area contributed by atoms with Gasteiger partial charge in [0.1, 0.15) is 0 Å². The molecule has 0 aliphatic heterocycles. The van der Waals surface area contributed by atoms with Crippen molar-refractivity contribution in [2.75, 3.05) is 32.9 Å². The summed E-state index contributed by atoms with van der Waals surface area (Å²) >= 11 is 0. The third kappa shape index (κ3) is 35.9. The molecular weight excluding hydrogens is 515 g/mol. The monoisotopic (exact) mass is 545 g/mol. The van der Waals surface area contributed by atoms with Crippen LogP contribution in [0.2, 0.25) is 0 Å². The standard InChI is InChI=1S/C10H22N8O2.C2H6O4S.ClH.Cu.2H2O/c1-3-19-9(13)17-7(11)15-5-6-16-8(12)18-10(14)20-4-2;1-2-6-7(3,4)5;;;;/h3-6H2,1-2H3,(H4,11,13,15,17)(H4,12,14,16,18);2H2,1H3,(H,3,4,5);1H;;2*1H2/q;;;+2;;/p-2. The van der Waals surface area contributed by atoms with Crippen LogP contribution < -0.4 is 34.5 Å². The van der Waals surface area contributed by atoms with E-state index in [4.69, 9.17) is 31.8 Å². The summed E-state index contributed by atoms with van der Waals surface area (Å²) in [5.74, 6) is 0.125. The Morgan fingerprint density at radius 1 is 0.903 bits per heavy atom. The number of rotatable bonds is 7. The summed E-state index contributed by atoms with van der Waals surface area (Å²) in [7, 11) is -4.42. The third-order valence-corrected chi connectivity index (χ3v) is 2.51. The Morgan fingerprint density at radius 2 is 1.23 bits per heavy atom. The molecule has 0 saturated carbocycles. The van der Waals surface area contributed by atoms with E-state index in [0.717, 1.165) is 0 Å². The van der Waals surface area contributed by atoms with Gasteiger partial charge in [0.2, 0.25) is 10.4 Å². The molecule has 0 heterocycles. The van der Waals surface area contributed by atoms with E-state index in [9.17, 15) is 13.0 Å². The van der Waals surface area contributed by atoms with Crippen LogP contribution in [0.15, 0.2) is 9.98 Å². The van der Waals surface area contributed by atoms with Crippen LogP contribution in [0.3, 0.4) is 0 Å². The number of halogens is 1. The fourth-order valence-corrected chi connectivity index (χ4v) is 1.45. The molecule has 0 bridgehead atoms. The number of nitrogens with two attached hydrogens (primary N) is 2. The Morgan fingerprint density at radius 3 is 1.42 bits per heavy atom. The van der Waals surface area contributed by atoms with Gasteiger partial charge in [-0.05, 0) is 20.8 Å². The molecule has 0 rings (SSSR count). The molecule has 19 heteroatoms. The molecule has 0 aromatic rings. The molecule has 0 aromatic heterocycles. The number of hydrogen-bond donors (Lipinski definition) is 6. The second kappa shape index (κ2) is 26.1. The first-order valence-corrected chi connectivity index (χ1v) is 9.05. The van der Waals surface area contributed by atoms with Crippen molar-refractivity contribution in [2.45, 2.75) is 20.8 Å². The van der Waals surface area contributed by atoms with Gasteiger partial charge < -0.3 is 48.9 Å². The molecule has 0 aromatic carbocycles. The molecule has 31 heavy (non-hydrogen) atoms. The Labute approximate surface area is 198 Å². The van der Waals surface area contributed by atoms with Crippen LogP contribution in [0.4, 0.5) is 0 Å². The zero-order valence-electron chi connectivity index (χ0n) is 17.1. The average molecular weight is 546 g/mol. The summed E-state index contributed by atoms with van der Waals surface area (Å²) < 4.78 is 41.7. The molecule has 0 amide bonds. The second-order valence-corrected chi connectivity index (χ2v) is 5.18. The van der Waals surface area contributed by atoms with E-state index < -0.39 is 10.4 Å². The Bertz CT molecular complexity index is 588. The van der Waals surface area contributed by atoms with Crippen molar-refractivity contribution >= 4 is 34.4 Å². The van der Waals surface area contributed by atoms with Crippen LogP contribution in [-0.2, 0) is 41.1 Å². The van der Waals surface area contributed by atoms with E-state index in [-0.39, 0.29) is 84.1 Å². The first kappa shape index (κ1) is 43.0. The van der Waals surface area contributed by atoms with Gasteiger partial charge in [-0.25, -0.2) is 8.42 Å². The van der Waals surface area contributed by atoms with Crippen LogP contribution in [-0.4, -0.2) is 80.8 Å². The molecule has 0 spiro atoms.